The number of piperidine rings is 2. The molecule has 0 aromatic heterocycles. The Morgan fingerprint density at radius 3 is 2.32 bits per heavy atom. The van der Waals surface area contributed by atoms with E-state index in [9.17, 15) is 13.2 Å². The number of hydrogen-bond acceptors (Lipinski definition) is 3. The minimum Gasteiger partial charge on any atom is -0.481 e. The minimum atomic E-state index is -3.38. The summed E-state index contributed by atoms with van der Waals surface area (Å²) in [5.41, 5.74) is 0. The molecule has 110 valence electrons. The fourth-order valence-corrected chi connectivity index (χ4v) is 4.71. The van der Waals surface area contributed by atoms with Gasteiger partial charge in [0.2, 0.25) is 0 Å². The van der Waals surface area contributed by atoms with Crippen LogP contribution in [-0.2, 0) is 15.0 Å². The molecule has 0 aromatic carbocycles. The second-order valence-corrected chi connectivity index (χ2v) is 7.36. The summed E-state index contributed by atoms with van der Waals surface area (Å²) in [5, 5.41) is 8.83. The number of nitrogens with zero attached hydrogens (tertiary/aromatic N) is 2. The van der Waals surface area contributed by atoms with E-state index in [0.29, 0.717) is 26.2 Å². The standard InChI is InChI=1S/C12H22N2O4S/c15-12(16)9-11-5-4-8-14(10-11)19(17,18)13-6-2-1-3-7-13/h11H,1-10H2,(H,15,16). The molecule has 0 radical (unpaired) electrons. The third-order valence-corrected chi connectivity index (χ3v) is 5.91. The zero-order valence-electron chi connectivity index (χ0n) is 11.1. The largest absolute Gasteiger partial charge is 0.481 e. The highest BCUT2D eigenvalue weighted by atomic mass is 32.2. The lowest BCUT2D eigenvalue weighted by Crippen LogP contribution is -2.49. The number of carboxylic acids is 1. The lowest BCUT2D eigenvalue weighted by molar-refractivity contribution is -0.138. The van der Waals surface area contributed by atoms with E-state index in [1.807, 2.05) is 0 Å². The summed E-state index contributed by atoms with van der Waals surface area (Å²) in [6.07, 6.45) is 4.56. The molecule has 1 atom stereocenters. The van der Waals surface area contributed by atoms with Crippen molar-refractivity contribution in [2.45, 2.75) is 38.5 Å². The Labute approximate surface area is 114 Å². The molecule has 0 bridgehead atoms. The minimum absolute atomic E-state index is 0.0502. The molecule has 7 heteroatoms. The first-order valence-corrected chi connectivity index (χ1v) is 8.37. The van der Waals surface area contributed by atoms with Gasteiger partial charge in [-0.05, 0) is 31.6 Å². The molecule has 0 aromatic rings. The van der Waals surface area contributed by atoms with Crippen molar-refractivity contribution >= 4 is 16.2 Å². The molecule has 2 aliphatic heterocycles. The molecule has 1 N–H and O–H groups in total. The van der Waals surface area contributed by atoms with Crippen molar-refractivity contribution in [1.29, 1.82) is 0 Å². The van der Waals surface area contributed by atoms with E-state index in [4.69, 9.17) is 5.11 Å². The lowest BCUT2D eigenvalue weighted by Gasteiger charge is -2.36. The van der Waals surface area contributed by atoms with Gasteiger partial charge in [0, 0.05) is 32.6 Å². The molecular weight excluding hydrogens is 268 g/mol. The Morgan fingerprint density at radius 2 is 1.68 bits per heavy atom. The lowest BCUT2D eigenvalue weighted by atomic mass is 9.96. The van der Waals surface area contributed by atoms with Crippen molar-refractivity contribution < 1.29 is 18.3 Å². The van der Waals surface area contributed by atoms with E-state index in [-0.39, 0.29) is 12.3 Å². The van der Waals surface area contributed by atoms with Crippen molar-refractivity contribution in [2.75, 3.05) is 26.2 Å². The normalized spacial score (nSPS) is 27.3. The summed E-state index contributed by atoms with van der Waals surface area (Å²) >= 11 is 0. The van der Waals surface area contributed by atoms with Crippen LogP contribution in [0.5, 0.6) is 0 Å². The Morgan fingerprint density at radius 1 is 1.05 bits per heavy atom. The maximum absolute atomic E-state index is 12.5. The Balaban J connectivity index is 2.00. The first kappa shape index (κ1) is 14.7. The summed E-state index contributed by atoms with van der Waals surface area (Å²) in [6, 6.07) is 0. The molecule has 0 amide bonds. The van der Waals surface area contributed by atoms with Gasteiger partial charge in [-0.25, -0.2) is 0 Å². The molecule has 2 rings (SSSR count). The molecule has 2 heterocycles. The van der Waals surface area contributed by atoms with E-state index in [2.05, 4.69) is 0 Å². The average Bonchev–Trinajstić information content (AvgIpc) is 2.39. The maximum atomic E-state index is 12.5. The Bertz CT molecular complexity index is 417. The molecule has 6 nitrogen and oxygen atoms in total. The van der Waals surface area contributed by atoms with Crippen LogP contribution in [-0.4, -0.2) is 54.3 Å². The van der Waals surface area contributed by atoms with Crippen LogP contribution >= 0.6 is 0 Å². The summed E-state index contributed by atoms with van der Waals surface area (Å²) < 4.78 is 28.0. The highest BCUT2D eigenvalue weighted by Crippen LogP contribution is 2.24. The fraction of sp³-hybridized carbons (Fsp3) is 0.917. The monoisotopic (exact) mass is 290 g/mol. The zero-order valence-corrected chi connectivity index (χ0v) is 11.9. The van der Waals surface area contributed by atoms with Crippen LogP contribution in [0, 0.1) is 5.92 Å². The van der Waals surface area contributed by atoms with Crippen molar-refractivity contribution in [3.63, 3.8) is 0 Å². The Hall–Kier alpha value is -0.660. The van der Waals surface area contributed by atoms with E-state index in [0.717, 1.165) is 32.1 Å². The third-order valence-electron chi connectivity index (χ3n) is 3.91. The molecule has 0 aliphatic carbocycles. The summed E-state index contributed by atoms with van der Waals surface area (Å²) in [6.45, 7) is 2.07. The fourth-order valence-electron chi connectivity index (χ4n) is 2.91. The first-order chi connectivity index (χ1) is 9.00. The van der Waals surface area contributed by atoms with Crippen LogP contribution in [0.25, 0.3) is 0 Å². The van der Waals surface area contributed by atoms with Gasteiger partial charge in [0.25, 0.3) is 10.2 Å². The second kappa shape index (κ2) is 6.19. The summed E-state index contributed by atoms with van der Waals surface area (Å²) in [4.78, 5) is 10.7. The topological polar surface area (TPSA) is 77.9 Å². The van der Waals surface area contributed by atoms with Crippen molar-refractivity contribution in [3.05, 3.63) is 0 Å². The second-order valence-electron chi connectivity index (χ2n) is 5.43. The number of hydrogen-bond donors (Lipinski definition) is 1. The van der Waals surface area contributed by atoms with Gasteiger partial charge in [-0.15, -0.1) is 0 Å². The van der Waals surface area contributed by atoms with Crippen LogP contribution in [0.1, 0.15) is 38.5 Å². The van der Waals surface area contributed by atoms with Gasteiger partial charge in [-0.2, -0.15) is 17.0 Å². The SMILES string of the molecule is O=C(O)CC1CCCN(S(=O)(=O)N2CCCCC2)C1. The zero-order chi connectivity index (χ0) is 13.9. The molecule has 2 saturated heterocycles. The van der Waals surface area contributed by atoms with Crippen LogP contribution in [0.3, 0.4) is 0 Å². The summed E-state index contributed by atoms with van der Waals surface area (Å²) in [5.74, 6) is -0.895. The molecule has 0 spiro atoms. The molecule has 1 unspecified atom stereocenters. The van der Waals surface area contributed by atoms with Gasteiger partial charge >= 0.3 is 5.97 Å². The molecule has 0 saturated carbocycles. The first-order valence-electron chi connectivity index (χ1n) is 6.97. The van der Waals surface area contributed by atoms with Crippen LogP contribution in [0.2, 0.25) is 0 Å². The predicted octanol–water partition coefficient (Wildman–Crippen LogP) is 0.904. The summed E-state index contributed by atoms with van der Waals surface area (Å²) in [7, 11) is -3.38. The number of carbonyl (C=O) groups is 1. The quantitative estimate of drug-likeness (QED) is 0.834. The molecular formula is C12H22N2O4S. The predicted molar refractivity (Wildman–Crippen MR) is 70.9 cm³/mol. The van der Waals surface area contributed by atoms with Crippen molar-refractivity contribution in [3.8, 4) is 0 Å². The van der Waals surface area contributed by atoms with Crippen molar-refractivity contribution in [2.24, 2.45) is 5.92 Å². The molecule has 2 fully saturated rings. The van der Waals surface area contributed by atoms with Crippen molar-refractivity contribution in [1.82, 2.24) is 8.61 Å². The van der Waals surface area contributed by atoms with E-state index in [1.54, 1.807) is 4.31 Å². The van der Waals surface area contributed by atoms with Gasteiger partial charge < -0.3 is 5.11 Å². The molecule has 2 aliphatic rings. The Kier molecular flexibility index (Phi) is 4.81. The van der Waals surface area contributed by atoms with Gasteiger partial charge in [-0.3, -0.25) is 4.79 Å². The van der Waals surface area contributed by atoms with Gasteiger partial charge in [0.15, 0.2) is 0 Å². The van der Waals surface area contributed by atoms with Crippen LogP contribution < -0.4 is 0 Å². The highest BCUT2D eigenvalue weighted by Gasteiger charge is 2.34. The van der Waals surface area contributed by atoms with E-state index < -0.39 is 16.2 Å². The van der Waals surface area contributed by atoms with E-state index >= 15 is 0 Å². The van der Waals surface area contributed by atoms with Gasteiger partial charge in [0.1, 0.15) is 0 Å². The van der Waals surface area contributed by atoms with Gasteiger partial charge in [-0.1, -0.05) is 6.42 Å². The number of rotatable bonds is 4. The van der Waals surface area contributed by atoms with Crippen LogP contribution in [0.4, 0.5) is 0 Å². The maximum Gasteiger partial charge on any atom is 0.303 e. The third kappa shape index (κ3) is 3.67. The number of carboxylic acid groups (broad SMARTS) is 1. The smallest absolute Gasteiger partial charge is 0.303 e. The number of aliphatic carboxylic acids is 1. The van der Waals surface area contributed by atoms with Crippen LogP contribution in [0.15, 0.2) is 0 Å². The molecule has 19 heavy (non-hydrogen) atoms. The highest BCUT2D eigenvalue weighted by molar-refractivity contribution is 7.86. The van der Waals surface area contributed by atoms with Gasteiger partial charge in [0.05, 0.1) is 0 Å². The van der Waals surface area contributed by atoms with E-state index in [1.165, 1.54) is 4.31 Å². The average molecular weight is 290 g/mol.